The number of nitrogens with one attached hydrogen (secondary N) is 1. The summed E-state index contributed by atoms with van der Waals surface area (Å²) in [6.07, 6.45) is 1.37. The van der Waals surface area contributed by atoms with Gasteiger partial charge in [0.2, 0.25) is 5.95 Å². The van der Waals surface area contributed by atoms with Gasteiger partial charge in [-0.2, -0.15) is 13.2 Å². The highest BCUT2D eigenvalue weighted by Crippen LogP contribution is 2.39. The fourth-order valence-electron chi connectivity index (χ4n) is 6.75. The number of benzene rings is 2. The topological polar surface area (TPSA) is 97.0 Å². The molecular formula is C35H32F3N9O. The van der Waals surface area contributed by atoms with Gasteiger partial charge in [-0.1, -0.05) is 12.1 Å². The normalized spacial score (nSPS) is 15.4. The summed E-state index contributed by atoms with van der Waals surface area (Å²) < 4.78 is 47.1. The van der Waals surface area contributed by atoms with E-state index in [2.05, 4.69) is 20.3 Å². The largest absolute Gasteiger partial charge is 0.418 e. The van der Waals surface area contributed by atoms with E-state index in [1.54, 1.807) is 30.4 Å². The maximum Gasteiger partial charge on any atom is 0.418 e. The average Bonchev–Trinajstić information content (AvgIpc) is 3.37. The third-order valence-electron chi connectivity index (χ3n) is 9.37. The number of fused-ring (bicyclic) bond motifs is 4. The molecule has 6 heterocycles. The number of hydrogen-bond donors (Lipinski definition) is 1. The molecule has 2 aromatic carbocycles. The Labute approximate surface area is 273 Å². The van der Waals surface area contributed by atoms with Gasteiger partial charge >= 0.3 is 11.9 Å². The first kappa shape index (κ1) is 30.1. The molecule has 1 fully saturated rings. The first-order chi connectivity index (χ1) is 23.2. The molecule has 0 bridgehead atoms. The number of hydrogen-bond acceptors (Lipinski definition) is 8. The van der Waals surface area contributed by atoms with Crippen molar-refractivity contribution in [3.63, 3.8) is 0 Å². The van der Waals surface area contributed by atoms with Crippen LogP contribution in [-0.2, 0) is 26.2 Å². The van der Waals surface area contributed by atoms with Crippen LogP contribution in [0, 0.1) is 6.92 Å². The van der Waals surface area contributed by atoms with Crippen LogP contribution in [0.3, 0.4) is 0 Å². The lowest BCUT2D eigenvalue weighted by Gasteiger charge is -2.37. The highest BCUT2D eigenvalue weighted by Gasteiger charge is 2.36. The summed E-state index contributed by atoms with van der Waals surface area (Å²) in [6, 6.07) is 13.7. The van der Waals surface area contributed by atoms with Gasteiger partial charge in [-0.15, -0.1) is 0 Å². The molecular weight excluding hydrogens is 619 g/mol. The van der Waals surface area contributed by atoms with E-state index in [4.69, 9.17) is 4.98 Å². The number of alkyl halides is 3. The van der Waals surface area contributed by atoms with Gasteiger partial charge in [0.1, 0.15) is 0 Å². The Balaban J connectivity index is 1.17. The second-order valence-electron chi connectivity index (χ2n) is 12.3. The van der Waals surface area contributed by atoms with Gasteiger partial charge in [0.15, 0.2) is 0 Å². The third kappa shape index (κ3) is 5.14. The highest BCUT2D eigenvalue weighted by atomic mass is 19.4. The number of nitrogens with zero attached hydrogens (tertiary/aromatic N) is 8. The SMILES string of the molecule is Cc1ccc(-c2ccc3ncc4c(c3c2)n(-c2ccc(N3CCN(c5ncc6c(n5)CCNC6)CC3)c(C(F)(F)F)c2)c(=O)n4C)cn1. The summed E-state index contributed by atoms with van der Waals surface area (Å²) in [4.78, 5) is 35.7. The molecule has 2 aliphatic rings. The van der Waals surface area contributed by atoms with Crippen molar-refractivity contribution in [2.24, 2.45) is 7.05 Å². The van der Waals surface area contributed by atoms with Crippen LogP contribution in [-0.4, -0.2) is 61.8 Å². The fraction of sp³-hybridized carbons (Fsp3) is 0.286. The number of pyridine rings is 2. The van der Waals surface area contributed by atoms with Gasteiger partial charge < -0.3 is 15.1 Å². The zero-order chi connectivity index (χ0) is 33.2. The molecule has 0 unspecified atom stereocenters. The Morgan fingerprint density at radius 3 is 2.42 bits per heavy atom. The molecule has 4 aromatic heterocycles. The van der Waals surface area contributed by atoms with Gasteiger partial charge in [0.25, 0.3) is 0 Å². The molecule has 6 aromatic rings. The minimum absolute atomic E-state index is 0.0808. The highest BCUT2D eigenvalue weighted by molar-refractivity contribution is 6.04. The number of imidazole rings is 1. The Hall–Kier alpha value is -5.30. The van der Waals surface area contributed by atoms with E-state index in [0.29, 0.717) is 54.1 Å². The van der Waals surface area contributed by atoms with Crippen molar-refractivity contribution in [2.45, 2.75) is 26.1 Å². The zero-order valence-electron chi connectivity index (χ0n) is 26.4. The van der Waals surface area contributed by atoms with Crippen LogP contribution in [0.15, 0.2) is 71.9 Å². The van der Waals surface area contributed by atoms with Gasteiger partial charge in [-0.25, -0.2) is 14.8 Å². The molecule has 0 atom stereocenters. The molecule has 244 valence electrons. The van der Waals surface area contributed by atoms with E-state index in [1.165, 1.54) is 15.2 Å². The molecule has 0 aliphatic carbocycles. The van der Waals surface area contributed by atoms with E-state index in [1.807, 2.05) is 48.4 Å². The Morgan fingerprint density at radius 2 is 1.65 bits per heavy atom. The minimum atomic E-state index is -4.65. The van der Waals surface area contributed by atoms with Crippen molar-refractivity contribution in [1.29, 1.82) is 0 Å². The number of piperazine rings is 1. The predicted molar refractivity (Wildman–Crippen MR) is 179 cm³/mol. The van der Waals surface area contributed by atoms with Gasteiger partial charge in [0.05, 0.1) is 39.7 Å². The standard InChI is InChI=1S/C35H32F3N9O/c1-21-3-4-23(18-40-21)22-5-7-29-26(15-22)32-31(20-41-29)44(2)34(48)47(32)25-6-8-30(27(16-25)35(36,37)38)45-11-13-46(14-12-45)33-42-19-24-17-39-10-9-28(24)43-33/h3-8,15-16,18-20,39H,9-14,17H2,1-2H3. The fourth-order valence-corrected chi connectivity index (χ4v) is 6.75. The first-order valence-electron chi connectivity index (χ1n) is 15.9. The summed E-state index contributed by atoms with van der Waals surface area (Å²) >= 11 is 0. The third-order valence-corrected chi connectivity index (χ3v) is 9.37. The number of aryl methyl sites for hydroxylation is 2. The van der Waals surface area contributed by atoms with Gasteiger partial charge in [-0.05, 0) is 48.9 Å². The number of rotatable bonds is 4. The molecule has 8 rings (SSSR count). The summed E-state index contributed by atoms with van der Waals surface area (Å²) in [5.74, 6) is 0.612. The summed E-state index contributed by atoms with van der Waals surface area (Å²) in [5.41, 5.74) is 5.30. The van der Waals surface area contributed by atoms with Crippen LogP contribution in [0.4, 0.5) is 24.8 Å². The monoisotopic (exact) mass is 651 g/mol. The molecule has 10 nitrogen and oxygen atoms in total. The van der Waals surface area contributed by atoms with E-state index in [0.717, 1.165) is 53.7 Å². The van der Waals surface area contributed by atoms with Crippen molar-refractivity contribution in [1.82, 2.24) is 34.4 Å². The van der Waals surface area contributed by atoms with E-state index < -0.39 is 17.4 Å². The van der Waals surface area contributed by atoms with Crippen LogP contribution in [0.25, 0.3) is 38.8 Å². The number of aromatic nitrogens is 6. The quantitative estimate of drug-likeness (QED) is 0.284. The molecule has 0 amide bonds. The van der Waals surface area contributed by atoms with Crippen molar-refractivity contribution >= 4 is 33.6 Å². The predicted octanol–water partition coefficient (Wildman–Crippen LogP) is 5.03. The minimum Gasteiger partial charge on any atom is -0.367 e. The Kier molecular flexibility index (Phi) is 7.17. The van der Waals surface area contributed by atoms with Crippen LogP contribution < -0.4 is 20.8 Å². The maximum atomic E-state index is 14.8. The van der Waals surface area contributed by atoms with Crippen LogP contribution in [0.2, 0.25) is 0 Å². The molecule has 48 heavy (non-hydrogen) atoms. The van der Waals surface area contributed by atoms with Gasteiger partial charge in [-0.3, -0.25) is 19.1 Å². The smallest absolute Gasteiger partial charge is 0.367 e. The summed E-state index contributed by atoms with van der Waals surface area (Å²) in [7, 11) is 1.60. The Bertz CT molecular complexity index is 2250. The van der Waals surface area contributed by atoms with E-state index in [9.17, 15) is 18.0 Å². The van der Waals surface area contributed by atoms with E-state index in [-0.39, 0.29) is 11.4 Å². The average molecular weight is 652 g/mol. The second-order valence-corrected chi connectivity index (χ2v) is 12.3. The molecule has 2 aliphatic heterocycles. The van der Waals surface area contributed by atoms with Crippen molar-refractivity contribution < 1.29 is 13.2 Å². The molecule has 0 saturated carbocycles. The van der Waals surface area contributed by atoms with Gasteiger partial charge in [0, 0.05) is 93.0 Å². The molecule has 0 radical (unpaired) electrons. The van der Waals surface area contributed by atoms with Crippen molar-refractivity contribution in [3.8, 4) is 16.8 Å². The summed E-state index contributed by atoms with van der Waals surface area (Å²) in [6.45, 7) is 5.20. The first-order valence-corrected chi connectivity index (χ1v) is 15.9. The summed E-state index contributed by atoms with van der Waals surface area (Å²) in [5, 5.41) is 3.96. The molecule has 13 heteroatoms. The van der Waals surface area contributed by atoms with Crippen molar-refractivity contribution in [3.05, 3.63) is 100 Å². The lowest BCUT2D eigenvalue weighted by atomic mass is 10.0. The number of halogens is 3. The Morgan fingerprint density at radius 1 is 0.854 bits per heavy atom. The molecule has 1 N–H and O–H groups in total. The second kappa shape index (κ2) is 11.4. The van der Waals surface area contributed by atoms with Crippen LogP contribution in [0.1, 0.15) is 22.5 Å². The van der Waals surface area contributed by atoms with Crippen LogP contribution in [0.5, 0.6) is 0 Å². The lowest BCUT2D eigenvalue weighted by molar-refractivity contribution is -0.137. The lowest BCUT2D eigenvalue weighted by Crippen LogP contribution is -2.47. The molecule has 1 saturated heterocycles. The van der Waals surface area contributed by atoms with Crippen molar-refractivity contribution in [2.75, 3.05) is 42.5 Å². The maximum absolute atomic E-state index is 14.8. The van der Waals surface area contributed by atoms with E-state index >= 15 is 0 Å². The van der Waals surface area contributed by atoms with Crippen LogP contribution >= 0.6 is 0 Å². The zero-order valence-corrected chi connectivity index (χ0v) is 26.4. The number of anilines is 2. The molecule has 0 spiro atoms.